The van der Waals surface area contributed by atoms with E-state index in [9.17, 15) is 4.79 Å². The molecule has 1 aliphatic rings. The van der Waals surface area contributed by atoms with E-state index in [1.165, 1.54) is 0 Å². The third-order valence-electron chi connectivity index (χ3n) is 2.53. The van der Waals surface area contributed by atoms with Crippen molar-refractivity contribution in [1.82, 2.24) is 0 Å². The normalized spacial score (nSPS) is 15.1. The molecule has 0 fully saturated rings. The van der Waals surface area contributed by atoms with Gasteiger partial charge in [0.2, 0.25) is 5.91 Å². The minimum Gasteiger partial charge on any atom is -0.486 e. The van der Waals surface area contributed by atoms with Gasteiger partial charge in [-0.1, -0.05) is 22.9 Å². The van der Waals surface area contributed by atoms with Gasteiger partial charge in [0, 0.05) is 16.6 Å². The second-order valence-corrected chi connectivity index (χ2v) is 5.80. The lowest BCUT2D eigenvalue weighted by atomic mass is 10.2. The molecule has 98 valence electrons. The van der Waals surface area contributed by atoms with E-state index < -0.39 is 0 Å². The first-order valence-electron chi connectivity index (χ1n) is 5.66. The fraction of sp³-hybridized carbons (Fsp3) is 0.417. The smallest absolute Gasteiger partial charge is 0.238 e. The second kappa shape index (κ2) is 5.93. The highest BCUT2D eigenvalue weighted by atomic mass is 79.9. The van der Waals surface area contributed by atoms with Crippen molar-refractivity contribution in [3.8, 4) is 11.5 Å². The summed E-state index contributed by atoms with van der Waals surface area (Å²) in [7, 11) is 0. The summed E-state index contributed by atoms with van der Waals surface area (Å²) in [5, 5.41) is 2.84. The van der Waals surface area contributed by atoms with Crippen LogP contribution < -0.4 is 14.8 Å². The van der Waals surface area contributed by atoms with E-state index in [0.29, 0.717) is 30.4 Å². The number of carbonyl (C=O) groups excluding carboxylic acids is 1. The van der Waals surface area contributed by atoms with Crippen molar-refractivity contribution in [3.05, 3.63) is 16.6 Å². The zero-order valence-corrected chi connectivity index (χ0v) is 13.0. The quantitative estimate of drug-likeness (QED) is 0.820. The van der Waals surface area contributed by atoms with Gasteiger partial charge in [-0.3, -0.25) is 4.79 Å². The first-order chi connectivity index (χ1) is 8.61. The van der Waals surface area contributed by atoms with E-state index in [4.69, 9.17) is 9.47 Å². The van der Waals surface area contributed by atoms with Gasteiger partial charge in [0.05, 0.1) is 10.5 Å². The topological polar surface area (TPSA) is 47.6 Å². The molecule has 0 bridgehead atoms. The van der Waals surface area contributed by atoms with Crippen molar-refractivity contribution < 1.29 is 14.3 Å². The molecule has 1 atom stereocenters. The summed E-state index contributed by atoms with van der Waals surface area (Å²) in [6.07, 6.45) is 0.730. The highest BCUT2D eigenvalue weighted by Gasteiger charge is 2.18. The zero-order valence-electron chi connectivity index (χ0n) is 9.83. The molecule has 1 amide bonds. The largest absolute Gasteiger partial charge is 0.486 e. The molecule has 1 aliphatic heterocycles. The molecule has 0 spiro atoms. The third kappa shape index (κ3) is 2.98. The van der Waals surface area contributed by atoms with Crippen LogP contribution in [0.2, 0.25) is 0 Å². The van der Waals surface area contributed by atoms with Crippen LogP contribution in [0, 0.1) is 0 Å². The maximum atomic E-state index is 11.8. The van der Waals surface area contributed by atoms with Crippen LogP contribution in [0.5, 0.6) is 11.5 Å². The Morgan fingerprint density at radius 2 is 2.00 bits per heavy atom. The SMILES string of the molecule is CCC(Br)C(=O)Nc1cc2c(cc1Br)OCCO2. The molecule has 2 rings (SSSR count). The van der Waals surface area contributed by atoms with Crippen LogP contribution in [-0.4, -0.2) is 23.9 Å². The molecule has 1 aromatic rings. The van der Waals surface area contributed by atoms with Crippen LogP contribution in [0.4, 0.5) is 5.69 Å². The predicted molar refractivity (Wildman–Crippen MR) is 76.8 cm³/mol. The number of benzene rings is 1. The Morgan fingerprint density at radius 3 is 2.61 bits per heavy atom. The predicted octanol–water partition coefficient (Wildman–Crippen LogP) is 3.33. The Morgan fingerprint density at radius 1 is 1.39 bits per heavy atom. The van der Waals surface area contributed by atoms with E-state index in [2.05, 4.69) is 37.2 Å². The van der Waals surface area contributed by atoms with Crippen molar-refractivity contribution in [2.24, 2.45) is 0 Å². The molecule has 0 radical (unpaired) electrons. The standard InChI is InChI=1S/C12H13Br2NO3/c1-2-7(13)12(16)15-9-6-11-10(5-8(9)14)17-3-4-18-11/h5-7H,2-4H2,1H3,(H,15,16). The molecule has 0 aliphatic carbocycles. The molecule has 1 unspecified atom stereocenters. The van der Waals surface area contributed by atoms with Gasteiger partial charge in [-0.2, -0.15) is 0 Å². The average Bonchev–Trinajstić information content (AvgIpc) is 2.38. The van der Waals surface area contributed by atoms with Gasteiger partial charge in [0.25, 0.3) is 0 Å². The Kier molecular flexibility index (Phi) is 4.50. The van der Waals surface area contributed by atoms with Crippen molar-refractivity contribution >= 4 is 43.5 Å². The zero-order chi connectivity index (χ0) is 13.1. The van der Waals surface area contributed by atoms with Crippen molar-refractivity contribution in [3.63, 3.8) is 0 Å². The molecule has 18 heavy (non-hydrogen) atoms. The van der Waals surface area contributed by atoms with Gasteiger partial charge in [0.1, 0.15) is 13.2 Å². The summed E-state index contributed by atoms with van der Waals surface area (Å²) in [4.78, 5) is 11.6. The summed E-state index contributed by atoms with van der Waals surface area (Å²) in [5.41, 5.74) is 0.683. The van der Waals surface area contributed by atoms with E-state index in [-0.39, 0.29) is 10.7 Å². The first kappa shape index (κ1) is 13.7. The minimum absolute atomic E-state index is 0.0742. The van der Waals surface area contributed by atoms with Crippen LogP contribution in [0.3, 0.4) is 0 Å². The fourth-order valence-corrected chi connectivity index (χ4v) is 2.09. The van der Waals surface area contributed by atoms with Gasteiger partial charge < -0.3 is 14.8 Å². The molecule has 4 nitrogen and oxygen atoms in total. The van der Waals surface area contributed by atoms with Crippen LogP contribution in [0.25, 0.3) is 0 Å². The van der Waals surface area contributed by atoms with Crippen molar-refractivity contribution in [1.29, 1.82) is 0 Å². The molecule has 1 N–H and O–H groups in total. The summed E-state index contributed by atoms with van der Waals surface area (Å²) in [6, 6.07) is 3.57. The number of hydrogen-bond donors (Lipinski definition) is 1. The lowest BCUT2D eigenvalue weighted by Gasteiger charge is -2.20. The molecule has 0 saturated carbocycles. The van der Waals surface area contributed by atoms with Gasteiger partial charge >= 0.3 is 0 Å². The van der Waals surface area contributed by atoms with Crippen LogP contribution in [0.1, 0.15) is 13.3 Å². The van der Waals surface area contributed by atoms with Crippen LogP contribution >= 0.6 is 31.9 Å². The van der Waals surface area contributed by atoms with E-state index in [1.54, 1.807) is 12.1 Å². The lowest BCUT2D eigenvalue weighted by molar-refractivity contribution is -0.115. The number of amides is 1. The van der Waals surface area contributed by atoms with Gasteiger partial charge in [-0.05, 0) is 22.4 Å². The van der Waals surface area contributed by atoms with Crippen molar-refractivity contribution in [2.45, 2.75) is 18.2 Å². The van der Waals surface area contributed by atoms with Crippen molar-refractivity contribution in [2.75, 3.05) is 18.5 Å². The number of halogens is 2. The Bertz CT molecular complexity index is 465. The number of ether oxygens (including phenoxy) is 2. The molecule has 1 heterocycles. The summed E-state index contributed by atoms with van der Waals surface area (Å²) in [6.45, 7) is 3.01. The Labute approximate surface area is 122 Å². The highest BCUT2D eigenvalue weighted by Crippen LogP contribution is 2.38. The molecule has 1 aromatic carbocycles. The highest BCUT2D eigenvalue weighted by molar-refractivity contribution is 9.10. The monoisotopic (exact) mass is 377 g/mol. The van der Waals surface area contributed by atoms with Gasteiger partial charge in [-0.25, -0.2) is 0 Å². The summed E-state index contributed by atoms with van der Waals surface area (Å²) >= 11 is 6.73. The van der Waals surface area contributed by atoms with E-state index in [1.807, 2.05) is 6.92 Å². The second-order valence-electron chi connectivity index (χ2n) is 3.84. The molecule has 0 aromatic heterocycles. The third-order valence-corrected chi connectivity index (χ3v) is 4.25. The molecular weight excluding hydrogens is 366 g/mol. The first-order valence-corrected chi connectivity index (χ1v) is 7.36. The Balaban J connectivity index is 2.20. The number of fused-ring (bicyclic) bond motifs is 1. The fourth-order valence-electron chi connectivity index (χ4n) is 1.56. The Hall–Kier alpha value is -0.750. The molecule has 6 heteroatoms. The minimum atomic E-state index is -0.197. The number of hydrogen-bond acceptors (Lipinski definition) is 3. The number of nitrogens with one attached hydrogen (secondary N) is 1. The average molecular weight is 379 g/mol. The summed E-state index contributed by atoms with van der Waals surface area (Å²) < 4.78 is 11.7. The number of rotatable bonds is 3. The van der Waals surface area contributed by atoms with E-state index in [0.717, 1.165) is 10.9 Å². The summed E-state index contributed by atoms with van der Waals surface area (Å²) in [5.74, 6) is 1.27. The number of anilines is 1. The molecular formula is C12H13Br2NO3. The molecule has 0 saturated heterocycles. The van der Waals surface area contributed by atoms with Crippen LogP contribution in [0.15, 0.2) is 16.6 Å². The van der Waals surface area contributed by atoms with Gasteiger partial charge in [0.15, 0.2) is 11.5 Å². The number of carbonyl (C=O) groups is 1. The van der Waals surface area contributed by atoms with Gasteiger partial charge in [-0.15, -0.1) is 0 Å². The lowest BCUT2D eigenvalue weighted by Crippen LogP contribution is -2.22. The number of alkyl halides is 1. The van der Waals surface area contributed by atoms with E-state index >= 15 is 0 Å². The maximum Gasteiger partial charge on any atom is 0.238 e. The maximum absolute atomic E-state index is 11.8. The van der Waals surface area contributed by atoms with Crippen LogP contribution in [-0.2, 0) is 4.79 Å².